The van der Waals surface area contributed by atoms with Crippen LogP contribution in [0.25, 0.3) is 0 Å². The van der Waals surface area contributed by atoms with Crippen LogP contribution in [0.3, 0.4) is 0 Å². The van der Waals surface area contributed by atoms with Crippen molar-refractivity contribution in [2.45, 2.75) is 24.1 Å². The quantitative estimate of drug-likeness (QED) is 0.319. The van der Waals surface area contributed by atoms with Crippen LogP contribution < -0.4 is 11.1 Å². The SMILES string of the molecule is CCOC(=O)CSc1nnc(NC(=O)CCc2ccccc2N)s1. The van der Waals surface area contributed by atoms with E-state index in [0.717, 1.165) is 5.56 Å². The maximum absolute atomic E-state index is 12.0. The molecule has 0 spiro atoms. The van der Waals surface area contributed by atoms with Gasteiger partial charge in [0, 0.05) is 12.1 Å². The highest BCUT2D eigenvalue weighted by Gasteiger charge is 2.11. The third kappa shape index (κ3) is 5.82. The number of esters is 1. The smallest absolute Gasteiger partial charge is 0.316 e. The molecule has 0 unspecified atom stereocenters. The molecule has 2 aromatic rings. The van der Waals surface area contributed by atoms with Crippen molar-refractivity contribution >= 4 is 45.8 Å². The Balaban J connectivity index is 1.78. The van der Waals surface area contributed by atoms with Crippen molar-refractivity contribution in [1.29, 1.82) is 0 Å². The molecular formula is C15H18N4O3S2. The molecule has 9 heteroatoms. The first-order valence-corrected chi connectivity index (χ1v) is 9.14. The number of nitrogens with one attached hydrogen (secondary N) is 1. The minimum atomic E-state index is -0.302. The molecule has 2 rings (SSSR count). The first-order chi connectivity index (χ1) is 11.6. The van der Waals surface area contributed by atoms with Gasteiger partial charge in [-0.25, -0.2) is 0 Å². The summed E-state index contributed by atoms with van der Waals surface area (Å²) in [5.41, 5.74) is 7.47. The standard InChI is InChI=1S/C15H18N4O3S2/c1-2-22-13(21)9-23-15-19-18-14(24-15)17-12(20)8-7-10-5-3-4-6-11(10)16/h3-6H,2,7-9,16H2,1H3,(H,17,18,20). The first-order valence-electron chi connectivity index (χ1n) is 7.33. The molecule has 0 aliphatic rings. The summed E-state index contributed by atoms with van der Waals surface area (Å²) in [5.74, 6) is -0.288. The normalized spacial score (nSPS) is 10.4. The molecule has 0 aliphatic heterocycles. The van der Waals surface area contributed by atoms with Gasteiger partial charge in [0.05, 0.1) is 12.4 Å². The van der Waals surface area contributed by atoms with E-state index in [4.69, 9.17) is 10.5 Å². The molecule has 1 aromatic carbocycles. The highest BCUT2D eigenvalue weighted by atomic mass is 32.2. The van der Waals surface area contributed by atoms with Gasteiger partial charge in [-0.2, -0.15) is 0 Å². The molecule has 1 amide bonds. The molecule has 1 aromatic heterocycles. The lowest BCUT2D eigenvalue weighted by Gasteiger charge is -2.04. The van der Waals surface area contributed by atoms with Crippen LogP contribution in [0, 0.1) is 0 Å². The zero-order chi connectivity index (χ0) is 17.4. The molecule has 3 N–H and O–H groups in total. The van der Waals surface area contributed by atoms with E-state index < -0.39 is 0 Å². The molecule has 0 fully saturated rings. The lowest BCUT2D eigenvalue weighted by molar-refractivity contribution is -0.139. The van der Waals surface area contributed by atoms with Crippen LogP contribution in [-0.2, 0) is 20.7 Å². The van der Waals surface area contributed by atoms with E-state index in [9.17, 15) is 9.59 Å². The van der Waals surface area contributed by atoms with Gasteiger partial charge in [0.2, 0.25) is 11.0 Å². The van der Waals surface area contributed by atoms with Crippen LogP contribution in [0.4, 0.5) is 10.8 Å². The van der Waals surface area contributed by atoms with Crippen LogP contribution in [0.15, 0.2) is 28.6 Å². The summed E-state index contributed by atoms with van der Waals surface area (Å²) in [7, 11) is 0. The monoisotopic (exact) mass is 366 g/mol. The largest absolute Gasteiger partial charge is 0.465 e. The number of nitrogens with zero attached hydrogens (tertiary/aromatic N) is 2. The van der Waals surface area contributed by atoms with Gasteiger partial charge >= 0.3 is 5.97 Å². The summed E-state index contributed by atoms with van der Waals surface area (Å²) < 4.78 is 5.44. The second-order valence-corrected chi connectivity index (χ2v) is 6.91. The Morgan fingerprint density at radius 1 is 1.33 bits per heavy atom. The third-order valence-electron chi connectivity index (χ3n) is 2.95. The van der Waals surface area contributed by atoms with Gasteiger partial charge in [0.25, 0.3) is 0 Å². The Kier molecular flexibility index (Phi) is 7.01. The van der Waals surface area contributed by atoms with Gasteiger partial charge in [0.15, 0.2) is 4.34 Å². The molecule has 7 nitrogen and oxygen atoms in total. The van der Waals surface area contributed by atoms with Crippen molar-refractivity contribution in [1.82, 2.24) is 10.2 Å². The number of ether oxygens (including phenoxy) is 1. The summed E-state index contributed by atoms with van der Waals surface area (Å²) in [6.07, 6.45) is 0.862. The number of anilines is 2. The van der Waals surface area contributed by atoms with E-state index >= 15 is 0 Å². The maximum Gasteiger partial charge on any atom is 0.316 e. The van der Waals surface area contributed by atoms with Gasteiger partial charge in [-0.3, -0.25) is 9.59 Å². The number of rotatable bonds is 8. The molecule has 24 heavy (non-hydrogen) atoms. The van der Waals surface area contributed by atoms with Gasteiger partial charge < -0.3 is 15.8 Å². The summed E-state index contributed by atoms with van der Waals surface area (Å²) in [5, 5.41) is 10.9. The van der Waals surface area contributed by atoms with Crippen LogP contribution in [0.2, 0.25) is 0 Å². The fraction of sp³-hybridized carbons (Fsp3) is 0.333. The number of nitrogen functional groups attached to an aromatic ring is 1. The van der Waals surface area contributed by atoms with Gasteiger partial charge in [0.1, 0.15) is 0 Å². The van der Waals surface area contributed by atoms with Crippen LogP contribution in [-0.4, -0.2) is 34.4 Å². The number of para-hydroxylation sites is 1. The Morgan fingerprint density at radius 2 is 2.12 bits per heavy atom. The van der Waals surface area contributed by atoms with E-state index in [1.807, 2.05) is 24.3 Å². The minimum Gasteiger partial charge on any atom is -0.465 e. The molecule has 1 heterocycles. The lowest BCUT2D eigenvalue weighted by Crippen LogP contribution is -2.12. The molecule has 0 bridgehead atoms. The van der Waals surface area contributed by atoms with E-state index in [1.165, 1.54) is 23.1 Å². The topological polar surface area (TPSA) is 107 Å². The second-order valence-electron chi connectivity index (χ2n) is 4.71. The van der Waals surface area contributed by atoms with Crippen LogP contribution in [0.5, 0.6) is 0 Å². The predicted octanol–water partition coefficient (Wildman–Crippen LogP) is 2.35. The number of aryl methyl sites for hydroxylation is 1. The van der Waals surface area contributed by atoms with E-state index in [-0.39, 0.29) is 17.6 Å². The number of carbonyl (C=O) groups is 2. The molecular weight excluding hydrogens is 348 g/mol. The van der Waals surface area contributed by atoms with Crippen molar-refractivity contribution in [3.05, 3.63) is 29.8 Å². The summed E-state index contributed by atoms with van der Waals surface area (Å²) in [6, 6.07) is 7.46. The number of benzene rings is 1. The number of hydrogen-bond donors (Lipinski definition) is 2. The van der Waals surface area contributed by atoms with Gasteiger partial charge in [-0.05, 0) is 25.0 Å². The van der Waals surface area contributed by atoms with Crippen LogP contribution >= 0.6 is 23.1 Å². The van der Waals surface area contributed by atoms with E-state index in [2.05, 4.69) is 15.5 Å². The molecule has 0 saturated heterocycles. The van der Waals surface area contributed by atoms with Gasteiger partial charge in [-0.15, -0.1) is 10.2 Å². The van der Waals surface area contributed by atoms with Crippen molar-refractivity contribution in [3.8, 4) is 0 Å². The van der Waals surface area contributed by atoms with Crippen molar-refractivity contribution in [2.75, 3.05) is 23.4 Å². The zero-order valence-electron chi connectivity index (χ0n) is 13.2. The minimum absolute atomic E-state index is 0.156. The van der Waals surface area contributed by atoms with E-state index in [0.29, 0.717) is 34.6 Å². The van der Waals surface area contributed by atoms with Crippen LogP contribution in [0.1, 0.15) is 18.9 Å². The first kappa shape index (κ1) is 18.2. The fourth-order valence-corrected chi connectivity index (χ4v) is 3.40. The summed E-state index contributed by atoms with van der Waals surface area (Å²) in [6.45, 7) is 2.10. The Bertz CT molecular complexity index is 706. The van der Waals surface area contributed by atoms with Crippen molar-refractivity contribution < 1.29 is 14.3 Å². The molecule has 0 radical (unpaired) electrons. The third-order valence-corrected chi connectivity index (χ3v) is 4.89. The summed E-state index contributed by atoms with van der Waals surface area (Å²) >= 11 is 2.45. The number of amides is 1. The summed E-state index contributed by atoms with van der Waals surface area (Å²) in [4.78, 5) is 23.2. The van der Waals surface area contributed by atoms with E-state index in [1.54, 1.807) is 6.92 Å². The molecule has 0 saturated carbocycles. The Hall–Kier alpha value is -2.13. The average molecular weight is 366 g/mol. The number of carbonyl (C=O) groups excluding carboxylic acids is 2. The Morgan fingerprint density at radius 3 is 2.88 bits per heavy atom. The fourth-order valence-electron chi connectivity index (χ4n) is 1.83. The molecule has 128 valence electrons. The Labute approximate surface area is 148 Å². The molecule has 0 aliphatic carbocycles. The van der Waals surface area contributed by atoms with Gasteiger partial charge in [-0.1, -0.05) is 41.3 Å². The maximum atomic E-state index is 12.0. The lowest BCUT2D eigenvalue weighted by atomic mass is 10.1. The number of nitrogens with two attached hydrogens (primary N) is 1. The predicted molar refractivity (Wildman–Crippen MR) is 95.1 cm³/mol. The number of hydrogen-bond acceptors (Lipinski definition) is 8. The van der Waals surface area contributed by atoms with Crippen molar-refractivity contribution in [2.24, 2.45) is 0 Å². The highest BCUT2D eigenvalue weighted by molar-refractivity contribution is 8.01. The average Bonchev–Trinajstić information content (AvgIpc) is 3.00. The van der Waals surface area contributed by atoms with Crippen molar-refractivity contribution in [3.63, 3.8) is 0 Å². The molecule has 0 atom stereocenters. The highest BCUT2D eigenvalue weighted by Crippen LogP contribution is 2.25. The number of aromatic nitrogens is 2. The zero-order valence-corrected chi connectivity index (χ0v) is 14.8. The number of thioether (sulfide) groups is 1. The second kappa shape index (κ2) is 9.24.